The number of anilines is 2. The number of fused-ring (bicyclic) bond motifs is 7. The molecule has 1 saturated carbocycles. The molecule has 3 heterocycles. The van der Waals surface area contributed by atoms with E-state index in [4.69, 9.17) is 9.47 Å². The van der Waals surface area contributed by atoms with Crippen molar-refractivity contribution in [2.45, 2.75) is 56.6 Å². The molecule has 1 fully saturated rings. The van der Waals surface area contributed by atoms with Gasteiger partial charge in [-0.3, -0.25) is 10.1 Å². The Morgan fingerprint density at radius 2 is 2.10 bits per heavy atom. The quantitative estimate of drug-likeness (QED) is 0.615. The molecule has 1 aliphatic carbocycles. The van der Waals surface area contributed by atoms with E-state index in [9.17, 15) is 13.6 Å². The van der Waals surface area contributed by atoms with Crippen LogP contribution in [-0.4, -0.2) is 45.9 Å². The summed E-state index contributed by atoms with van der Waals surface area (Å²) in [6.45, 7) is 1.03. The highest BCUT2D eigenvalue weighted by atomic mass is 19.3. The number of carbonyl (C=O) groups excluding carboxylic acids is 1. The van der Waals surface area contributed by atoms with E-state index in [-0.39, 0.29) is 18.6 Å². The van der Waals surface area contributed by atoms with E-state index in [2.05, 4.69) is 25.8 Å². The van der Waals surface area contributed by atoms with Gasteiger partial charge in [-0.25, -0.2) is 13.6 Å². The molecule has 156 valence electrons. The number of aromatic amines is 1. The van der Waals surface area contributed by atoms with Crippen LogP contribution in [-0.2, 0) is 4.74 Å². The van der Waals surface area contributed by atoms with Gasteiger partial charge in [-0.1, -0.05) is 0 Å². The number of rotatable bonds is 0. The lowest BCUT2D eigenvalue weighted by Gasteiger charge is -2.25. The van der Waals surface area contributed by atoms with Crippen LogP contribution in [0, 0.1) is 0 Å². The first-order valence-corrected chi connectivity index (χ1v) is 9.64. The fourth-order valence-electron chi connectivity index (χ4n) is 3.64. The van der Waals surface area contributed by atoms with Gasteiger partial charge in [-0.2, -0.15) is 5.10 Å². The van der Waals surface area contributed by atoms with Crippen LogP contribution in [0.15, 0.2) is 24.5 Å². The zero-order chi connectivity index (χ0) is 20.4. The maximum Gasteiger partial charge on any atom is 0.407 e. The monoisotopic (exact) mass is 407 g/mol. The standard InChI is InChI=1S/C19H23F2N5O3/c1-11-19(20,21)4-5-28-15-7-13(9-22-10-15)24-17-8-16(25-26-17)12-2-3-14(6-12)29-18(27)23-11/h7-12,14H,2-6H2,1H3,(H,23,27)(H2,24,25,26)/t11-,12-,14+/m0/s1. The molecule has 2 aromatic heterocycles. The number of hydrogen-bond acceptors (Lipinski definition) is 6. The Morgan fingerprint density at radius 3 is 2.97 bits per heavy atom. The van der Waals surface area contributed by atoms with Gasteiger partial charge in [0.1, 0.15) is 11.9 Å². The summed E-state index contributed by atoms with van der Waals surface area (Å²) < 4.78 is 39.5. The molecule has 29 heavy (non-hydrogen) atoms. The van der Waals surface area contributed by atoms with E-state index in [0.717, 1.165) is 12.1 Å². The lowest BCUT2D eigenvalue weighted by atomic mass is 10.0. The predicted octanol–water partition coefficient (Wildman–Crippen LogP) is 3.72. The number of alkyl carbamates (subject to hydrolysis) is 1. The third-order valence-electron chi connectivity index (χ3n) is 5.35. The van der Waals surface area contributed by atoms with Gasteiger partial charge in [0.15, 0.2) is 5.82 Å². The molecular weight excluding hydrogens is 384 g/mol. The zero-order valence-electron chi connectivity index (χ0n) is 16.0. The van der Waals surface area contributed by atoms with E-state index in [0.29, 0.717) is 30.1 Å². The second-order valence-corrected chi connectivity index (χ2v) is 7.51. The molecular formula is C19H23F2N5O3. The van der Waals surface area contributed by atoms with Crippen molar-refractivity contribution in [1.82, 2.24) is 20.5 Å². The lowest BCUT2D eigenvalue weighted by Crippen LogP contribution is -2.47. The Bertz CT molecular complexity index is 875. The van der Waals surface area contributed by atoms with E-state index in [1.54, 1.807) is 12.3 Å². The molecule has 2 aliphatic rings. The molecule has 2 aromatic rings. The van der Waals surface area contributed by atoms with Crippen LogP contribution in [0.2, 0.25) is 0 Å². The molecule has 4 rings (SSSR count). The van der Waals surface area contributed by atoms with Crippen molar-refractivity contribution in [2.75, 3.05) is 11.9 Å². The summed E-state index contributed by atoms with van der Waals surface area (Å²) in [6.07, 6.45) is 3.46. The number of aromatic nitrogens is 3. The number of nitrogens with one attached hydrogen (secondary N) is 3. The van der Waals surface area contributed by atoms with Gasteiger partial charge in [-0.05, 0) is 26.2 Å². The Morgan fingerprint density at radius 1 is 1.24 bits per heavy atom. The summed E-state index contributed by atoms with van der Waals surface area (Å²) in [7, 11) is 0. The highest BCUT2D eigenvalue weighted by molar-refractivity contribution is 5.68. The summed E-state index contributed by atoms with van der Waals surface area (Å²) in [5, 5.41) is 12.7. The zero-order valence-corrected chi connectivity index (χ0v) is 16.0. The fourth-order valence-corrected chi connectivity index (χ4v) is 3.64. The number of hydrogen-bond donors (Lipinski definition) is 3. The van der Waals surface area contributed by atoms with E-state index >= 15 is 0 Å². The van der Waals surface area contributed by atoms with Crippen molar-refractivity contribution < 1.29 is 23.0 Å². The normalized spacial score (nSPS) is 26.9. The van der Waals surface area contributed by atoms with E-state index in [1.807, 2.05) is 6.07 Å². The second kappa shape index (κ2) is 7.84. The van der Waals surface area contributed by atoms with Gasteiger partial charge in [0, 0.05) is 30.2 Å². The average molecular weight is 407 g/mol. The first-order valence-electron chi connectivity index (χ1n) is 9.64. The molecule has 8 nitrogen and oxygen atoms in total. The summed E-state index contributed by atoms with van der Waals surface area (Å²) in [5.41, 5.74) is 1.57. The van der Waals surface area contributed by atoms with Crippen molar-refractivity contribution in [1.29, 1.82) is 0 Å². The van der Waals surface area contributed by atoms with E-state index < -0.39 is 24.5 Å². The summed E-state index contributed by atoms with van der Waals surface area (Å²) >= 11 is 0. The number of alkyl halides is 2. The number of nitrogens with zero attached hydrogens (tertiary/aromatic N) is 2. The smallest absolute Gasteiger partial charge is 0.407 e. The molecule has 3 N–H and O–H groups in total. The summed E-state index contributed by atoms with van der Waals surface area (Å²) in [4.78, 5) is 16.1. The molecule has 0 spiro atoms. The fraction of sp³-hybridized carbons (Fsp3) is 0.526. The van der Waals surface area contributed by atoms with Gasteiger partial charge in [0.2, 0.25) is 0 Å². The molecule has 0 radical (unpaired) electrons. The van der Waals surface area contributed by atoms with Crippen LogP contribution >= 0.6 is 0 Å². The lowest BCUT2D eigenvalue weighted by molar-refractivity contribution is -0.0482. The number of pyridine rings is 1. The largest absolute Gasteiger partial charge is 0.492 e. The van der Waals surface area contributed by atoms with Crippen LogP contribution < -0.4 is 15.4 Å². The van der Waals surface area contributed by atoms with Crippen LogP contribution in [0.4, 0.5) is 25.1 Å². The number of carbonyl (C=O) groups is 1. The molecule has 0 unspecified atom stereocenters. The van der Waals surface area contributed by atoms with Crippen LogP contribution in [0.5, 0.6) is 5.75 Å². The third kappa shape index (κ3) is 4.57. The topological polar surface area (TPSA) is 101 Å². The minimum Gasteiger partial charge on any atom is -0.492 e. The minimum atomic E-state index is -3.14. The highest BCUT2D eigenvalue weighted by Gasteiger charge is 2.38. The van der Waals surface area contributed by atoms with Crippen LogP contribution in [0.1, 0.15) is 44.2 Å². The second-order valence-electron chi connectivity index (χ2n) is 7.51. The van der Waals surface area contributed by atoms with Crippen molar-refractivity contribution >= 4 is 17.6 Å². The van der Waals surface area contributed by atoms with Gasteiger partial charge in [0.25, 0.3) is 5.92 Å². The van der Waals surface area contributed by atoms with Gasteiger partial charge in [-0.15, -0.1) is 0 Å². The number of amides is 1. The Hall–Kier alpha value is -2.91. The molecule has 0 aromatic carbocycles. The highest BCUT2D eigenvalue weighted by Crippen LogP contribution is 2.36. The Labute approximate surface area is 166 Å². The van der Waals surface area contributed by atoms with Crippen LogP contribution in [0.3, 0.4) is 0 Å². The predicted molar refractivity (Wildman–Crippen MR) is 101 cm³/mol. The maximum absolute atomic E-state index is 14.4. The molecule has 6 bridgehead atoms. The first-order chi connectivity index (χ1) is 13.9. The number of halogens is 2. The number of ether oxygens (including phenoxy) is 2. The van der Waals surface area contributed by atoms with Gasteiger partial charge in [0.05, 0.1) is 30.7 Å². The van der Waals surface area contributed by atoms with Gasteiger partial charge >= 0.3 is 6.09 Å². The summed E-state index contributed by atoms with van der Waals surface area (Å²) in [5.74, 6) is -2.01. The van der Waals surface area contributed by atoms with Gasteiger partial charge < -0.3 is 20.1 Å². The average Bonchev–Trinajstić information content (AvgIpc) is 3.30. The maximum atomic E-state index is 14.4. The molecule has 1 amide bonds. The number of H-pyrrole nitrogens is 1. The molecule has 3 atom stereocenters. The minimum absolute atomic E-state index is 0.154. The van der Waals surface area contributed by atoms with E-state index in [1.165, 1.54) is 13.1 Å². The SMILES string of the molecule is C[C@@H]1NC(=O)O[C@@H]2CC[C@@H](C2)c2cc(n[nH]2)Nc2cncc(c2)OCCC1(F)F. The summed E-state index contributed by atoms with van der Waals surface area (Å²) in [6, 6.07) is 2.20. The molecule has 1 aliphatic heterocycles. The van der Waals surface area contributed by atoms with Crippen molar-refractivity contribution in [2.24, 2.45) is 0 Å². The Balaban J connectivity index is 1.56. The molecule has 0 saturated heterocycles. The van der Waals surface area contributed by atoms with Crippen molar-refractivity contribution in [3.8, 4) is 5.75 Å². The van der Waals surface area contributed by atoms with Crippen molar-refractivity contribution in [3.63, 3.8) is 0 Å². The Kier molecular flexibility index (Phi) is 5.25. The van der Waals surface area contributed by atoms with Crippen LogP contribution in [0.25, 0.3) is 0 Å². The van der Waals surface area contributed by atoms with Crippen molar-refractivity contribution in [3.05, 3.63) is 30.2 Å². The third-order valence-corrected chi connectivity index (χ3v) is 5.35. The molecule has 10 heteroatoms. The first kappa shape index (κ1) is 19.4.